The van der Waals surface area contributed by atoms with E-state index in [1.807, 2.05) is 30.3 Å². The van der Waals surface area contributed by atoms with Crippen LogP contribution in [0.3, 0.4) is 0 Å². The highest BCUT2D eigenvalue weighted by Gasteiger charge is 2.05. The van der Waals surface area contributed by atoms with Gasteiger partial charge in [-0.1, -0.05) is 46.3 Å². The highest BCUT2D eigenvalue weighted by atomic mass is 79.9. The van der Waals surface area contributed by atoms with Gasteiger partial charge in [-0.3, -0.25) is 4.79 Å². The zero-order chi connectivity index (χ0) is 12.8. The first-order valence-corrected chi connectivity index (χ1v) is 6.63. The molecule has 0 atom stereocenters. The van der Waals surface area contributed by atoms with Gasteiger partial charge >= 0.3 is 0 Å². The van der Waals surface area contributed by atoms with Crippen LogP contribution in [-0.4, -0.2) is 16.1 Å². The third kappa shape index (κ3) is 3.40. The van der Waals surface area contributed by atoms with E-state index >= 15 is 0 Å². The van der Waals surface area contributed by atoms with E-state index < -0.39 is 0 Å². The standard InChI is InChI=1S/C14H12BrNO2/c15-8-14(17)13-7-6-12(9-16-13)18-10-11-4-2-1-3-5-11/h1-7,9H,8,10H2. The van der Waals surface area contributed by atoms with Crippen molar-refractivity contribution in [3.63, 3.8) is 0 Å². The number of aromatic nitrogens is 1. The zero-order valence-corrected chi connectivity index (χ0v) is 11.3. The molecule has 0 aliphatic rings. The second kappa shape index (κ2) is 6.31. The fourth-order valence-corrected chi connectivity index (χ4v) is 1.73. The van der Waals surface area contributed by atoms with Crippen molar-refractivity contribution in [3.8, 4) is 5.75 Å². The molecule has 1 heterocycles. The SMILES string of the molecule is O=C(CBr)c1ccc(OCc2ccccc2)cn1. The van der Waals surface area contributed by atoms with E-state index in [0.717, 1.165) is 5.56 Å². The van der Waals surface area contributed by atoms with Crippen molar-refractivity contribution in [2.75, 3.05) is 5.33 Å². The van der Waals surface area contributed by atoms with Crippen LogP contribution in [0.15, 0.2) is 48.7 Å². The number of hydrogen-bond acceptors (Lipinski definition) is 3. The summed E-state index contributed by atoms with van der Waals surface area (Å²) < 4.78 is 5.57. The van der Waals surface area contributed by atoms with Gasteiger partial charge in [0.1, 0.15) is 18.1 Å². The Labute approximate surface area is 114 Å². The van der Waals surface area contributed by atoms with Gasteiger partial charge in [0.2, 0.25) is 0 Å². The Balaban J connectivity index is 1.97. The summed E-state index contributed by atoms with van der Waals surface area (Å²) in [5.74, 6) is 0.620. The minimum atomic E-state index is -0.0374. The van der Waals surface area contributed by atoms with Crippen LogP contribution in [0.2, 0.25) is 0 Å². The molecule has 0 amide bonds. The van der Waals surface area contributed by atoms with E-state index in [4.69, 9.17) is 4.74 Å². The van der Waals surface area contributed by atoms with E-state index in [1.54, 1.807) is 18.3 Å². The lowest BCUT2D eigenvalue weighted by Gasteiger charge is -2.06. The van der Waals surface area contributed by atoms with Gasteiger partial charge in [0, 0.05) is 0 Å². The van der Waals surface area contributed by atoms with Crippen molar-refractivity contribution < 1.29 is 9.53 Å². The summed E-state index contributed by atoms with van der Waals surface area (Å²) in [5.41, 5.74) is 1.54. The number of ether oxygens (including phenoxy) is 1. The molecule has 2 aromatic rings. The molecule has 0 spiro atoms. The molecule has 4 heteroatoms. The number of Topliss-reactive ketones (excluding diaryl/α,β-unsaturated/α-hetero) is 1. The van der Waals surface area contributed by atoms with Crippen molar-refractivity contribution >= 4 is 21.7 Å². The molecule has 0 unspecified atom stereocenters. The number of carbonyl (C=O) groups is 1. The molecule has 0 bridgehead atoms. The summed E-state index contributed by atoms with van der Waals surface area (Å²) in [7, 11) is 0. The molecule has 0 saturated carbocycles. The maximum atomic E-state index is 11.4. The summed E-state index contributed by atoms with van der Waals surface area (Å²) in [5, 5.41) is 0.282. The Morgan fingerprint density at radius 2 is 1.94 bits per heavy atom. The van der Waals surface area contributed by atoms with Gasteiger partial charge in [0.25, 0.3) is 0 Å². The molecule has 18 heavy (non-hydrogen) atoms. The van der Waals surface area contributed by atoms with Gasteiger partial charge in [-0.2, -0.15) is 0 Å². The van der Waals surface area contributed by atoms with Gasteiger partial charge in [0.05, 0.1) is 11.5 Å². The Morgan fingerprint density at radius 1 is 1.17 bits per heavy atom. The largest absolute Gasteiger partial charge is 0.487 e. The maximum absolute atomic E-state index is 11.4. The van der Waals surface area contributed by atoms with Crippen LogP contribution in [0.4, 0.5) is 0 Å². The van der Waals surface area contributed by atoms with Crippen molar-refractivity contribution in [3.05, 3.63) is 59.9 Å². The van der Waals surface area contributed by atoms with Crippen LogP contribution in [0.5, 0.6) is 5.75 Å². The molecule has 1 aromatic carbocycles. The number of hydrogen-bond donors (Lipinski definition) is 0. The van der Waals surface area contributed by atoms with Gasteiger partial charge in [-0.15, -0.1) is 0 Å². The summed E-state index contributed by atoms with van der Waals surface area (Å²) >= 11 is 3.11. The normalized spacial score (nSPS) is 10.1. The first-order valence-electron chi connectivity index (χ1n) is 5.51. The summed E-state index contributed by atoms with van der Waals surface area (Å²) in [6.07, 6.45) is 1.57. The Bertz CT molecular complexity index is 511. The Kier molecular flexibility index (Phi) is 4.47. The van der Waals surface area contributed by atoms with E-state index in [2.05, 4.69) is 20.9 Å². The fourth-order valence-electron chi connectivity index (χ4n) is 1.44. The van der Waals surface area contributed by atoms with E-state index in [1.165, 1.54) is 0 Å². The second-order valence-electron chi connectivity index (χ2n) is 3.71. The average molecular weight is 306 g/mol. The molecular formula is C14H12BrNO2. The minimum Gasteiger partial charge on any atom is -0.487 e. The molecule has 0 radical (unpaired) electrons. The van der Waals surface area contributed by atoms with Crippen LogP contribution < -0.4 is 4.74 Å². The van der Waals surface area contributed by atoms with Crippen molar-refractivity contribution in [2.45, 2.75) is 6.61 Å². The molecular weight excluding hydrogens is 294 g/mol. The van der Waals surface area contributed by atoms with Crippen LogP contribution in [-0.2, 0) is 6.61 Å². The number of carbonyl (C=O) groups excluding carboxylic acids is 1. The van der Waals surface area contributed by atoms with Crippen LogP contribution >= 0.6 is 15.9 Å². The predicted octanol–water partition coefficient (Wildman–Crippen LogP) is 3.24. The summed E-state index contributed by atoms with van der Waals surface area (Å²) in [6, 6.07) is 13.3. The predicted molar refractivity (Wildman–Crippen MR) is 73.1 cm³/mol. The van der Waals surface area contributed by atoms with Gasteiger partial charge in [-0.05, 0) is 17.7 Å². The Hall–Kier alpha value is -1.68. The van der Waals surface area contributed by atoms with Crippen LogP contribution in [0, 0.1) is 0 Å². The molecule has 0 aliphatic carbocycles. The molecule has 0 aliphatic heterocycles. The first kappa shape index (κ1) is 12.8. The van der Waals surface area contributed by atoms with Crippen molar-refractivity contribution in [1.82, 2.24) is 4.98 Å². The lowest BCUT2D eigenvalue weighted by Crippen LogP contribution is -2.03. The minimum absolute atomic E-state index is 0.0374. The number of ketones is 1. The highest BCUT2D eigenvalue weighted by Crippen LogP contribution is 2.12. The number of rotatable bonds is 5. The Morgan fingerprint density at radius 3 is 2.56 bits per heavy atom. The molecule has 0 saturated heterocycles. The van der Waals surface area contributed by atoms with Crippen LogP contribution in [0.25, 0.3) is 0 Å². The second-order valence-corrected chi connectivity index (χ2v) is 4.27. The first-order chi connectivity index (χ1) is 8.79. The third-order valence-electron chi connectivity index (χ3n) is 2.39. The zero-order valence-electron chi connectivity index (χ0n) is 9.67. The van der Waals surface area contributed by atoms with E-state index in [9.17, 15) is 4.79 Å². The molecule has 0 fully saturated rings. The summed E-state index contributed by atoms with van der Waals surface area (Å²) in [4.78, 5) is 15.4. The number of benzene rings is 1. The average Bonchev–Trinajstić information content (AvgIpc) is 2.46. The number of pyridine rings is 1. The lowest BCUT2D eigenvalue weighted by atomic mass is 10.2. The third-order valence-corrected chi connectivity index (χ3v) is 2.90. The van der Waals surface area contributed by atoms with Gasteiger partial charge in [0.15, 0.2) is 5.78 Å². The molecule has 0 N–H and O–H groups in total. The fraction of sp³-hybridized carbons (Fsp3) is 0.143. The number of nitrogens with zero attached hydrogens (tertiary/aromatic N) is 1. The van der Waals surface area contributed by atoms with Crippen molar-refractivity contribution in [1.29, 1.82) is 0 Å². The van der Waals surface area contributed by atoms with Crippen molar-refractivity contribution in [2.24, 2.45) is 0 Å². The molecule has 1 aromatic heterocycles. The van der Waals surface area contributed by atoms with E-state index in [0.29, 0.717) is 18.1 Å². The summed E-state index contributed by atoms with van der Waals surface area (Å²) in [6.45, 7) is 0.494. The molecule has 92 valence electrons. The highest BCUT2D eigenvalue weighted by molar-refractivity contribution is 9.09. The number of halogens is 1. The lowest BCUT2D eigenvalue weighted by molar-refractivity contribution is 0.101. The maximum Gasteiger partial charge on any atom is 0.191 e. The van der Waals surface area contributed by atoms with E-state index in [-0.39, 0.29) is 11.1 Å². The monoisotopic (exact) mass is 305 g/mol. The topological polar surface area (TPSA) is 39.2 Å². The van der Waals surface area contributed by atoms with Gasteiger partial charge < -0.3 is 4.74 Å². The molecule has 2 rings (SSSR count). The molecule has 3 nitrogen and oxygen atoms in total. The van der Waals surface area contributed by atoms with Crippen LogP contribution in [0.1, 0.15) is 16.1 Å². The number of alkyl halides is 1. The van der Waals surface area contributed by atoms with Gasteiger partial charge in [-0.25, -0.2) is 4.98 Å². The smallest absolute Gasteiger partial charge is 0.191 e. The quantitative estimate of drug-likeness (QED) is 0.629.